The summed E-state index contributed by atoms with van der Waals surface area (Å²) >= 11 is 0. The van der Waals surface area contributed by atoms with Gasteiger partial charge in [0.25, 0.3) is 5.56 Å². The summed E-state index contributed by atoms with van der Waals surface area (Å²) in [5.74, 6) is 0. The lowest BCUT2D eigenvalue weighted by atomic mass is 10.2. The first-order valence-electron chi connectivity index (χ1n) is 3.97. The molecule has 4 heteroatoms. The Hall–Kier alpha value is -2.28. The van der Waals surface area contributed by atoms with Gasteiger partial charge in [-0.25, -0.2) is 0 Å². The highest BCUT2D eigenvalue weighted by Gasteiger charge is 2.02. The maximum absolute atomic E-state index is 11.3. The highest BCUT2D eigenvalue weighted by atomic mass is 16.3. The van der Waals surface area contributed by atoms with E-state index in [0.29, 0.717) is 5.69 Å². The molecule has 0 aliphatic carbocycles. The van der Waals surface area contributed by atoms with Crippen molar-refractivity contribution in [1.29, 1.82) is 5.26 Å². The van der Waals surface area contributed by atoms with E-state index in [-0.39, 0.29) is 11.1 Å². The second-order valence-electron chi connectivity index (χ2n) is 2.74. The predicted molar refractivity (Wildman–Crippen MR) is 49.5 cm³/mol. The number of hydrogen-bond donors (Lipinski definition) is 1. The number of aromatic amines is 1. The van der Waals surface area contributed by atoms with E-state index in [4.69, 9.17) is 9.68 Å². The van der Waals surface area contributed by atoms with Gasteiger partial charge in [-0.15, -0.1) is 0 Å². The molecule has 0 fully saturated rings. The molecule has 0 aliphatic heterocycles. The van der Waals surface area contributed by atoms with Gasteiger partial charge in [0, 0.05) is 5.56 Å². The van der Waals surface area contributed by atoms with E-state index in [1.807, 2.05) is 0 Å². The molecule has 68 valence electrons. The van der Waals surface area contributed by atoms with E-state index in [9.17, 15) is 4.79 Å². The van der Waals surface area contributed by atoms with Crippen molar-refractivity contribution in [3.63, 3.8) is 0 Å². The number of nitrogens with one attached hydrogen (secondary N) is 1. The van der Waals surface area contributed by atoms with Crippen LogP contribution < -0.4 is 5.56 Å². The highest BCUT2D eigenvalue weighted by Crippen LogP contribution is 2.15. The monoisotopic (exact) mass is 186 g/mol. The normalized spacial score (nSPS) is 9.64. The van der Waals surface area contributed by atoms with Crippen LogP contribution in [0.2, 0.25) is 0 Å². The molecule has 0 unspecified atom stereocenters. The smallest absolute Gasteiger partial charge is 0.266 e. The fourth-order valence-electron chi connectivity index (χ4n) is 1.15. The maximum atomic E-state index is 11.3. The topological polar surface area (TPSA) is 69.8 Å². The van der Waals surface area contributed by atoms with Crippen LogP contribution in [0.5, 0.6) is 0 Å². The van der Waals surface area contributed by atoms with E-state index in [0.717, 1.165) is 5.56 Å². The van der Waals surface area contributed by atoms with Crippen LogP contribution in [-0.4, -0.2) is 4.98 Å². The van der Waals surface area contributed by atoms with Crippen molar-refractivity contribution in [2.75, 3.05) is 0 Å². The van der Waals surface area contributed by atoms with Crippen LogP contribution in [0.4, 0.5) is 0 Å². The van der Waals surface area contributed by atoms with Gasteiger partial charge in [0.15, 0.2) is 0 Å². The first kappa shape index (κ1) is 8.32. The van der Waals surface area contributed by atoms with Gasteiger partial charge in [-0.3, -0.25) is 4.79 Å². The van der Waals surface area contributed by atoms with Crippen LogP contribution >= 0.6 is 0 Å². The van der Waals surface area contributed by atoms with Crippen molar-refractivity contribution in [2.45, 2.75) is 0 Å². The molecule has 0 bridgehead atoms. The van der Waals surface area contributed by atoms with Gasteiger partial charge in [0.05, 0.1) is 18.2 Å². The third-order valence-electron chi connectivity index (χ3n) is 1.86. The van der Waals surface area contributed by atoms with E-state index in [1.54, 1.807) is 18.2 Å². The molecule has 1 N–H and O–H groups in total. The summed E-state index contributed by atoms with van der Waals surface area (Å²) in [7, 11) is 0. The zero-order chi connectivity index (χ0) is 9.97. The lowest BCUT2D eigenvalue weighted by Crippen LogP contribution is -2.09. The number of hydrogen-bond acceptors (Lipinski definition) is 3. The van der Waals surface area contributed by atoms with Crippen LogP contribution in [0.1, 0.15) is 5.56 Å². The van der Waals surface area contributed by atoms with E-state index < -0.39 is 0 Å². The molecular formula is C10H6N2O2. The van der Waals surface area contributed by atoms with Gasteiger partial charge in [0.2, 0.25) is 0 Å². The summed E-state index contributed by atoms with van der Waals surface area (Å²) in [4.78, 5) is 13.8. The number of aromatic nitrogens is 1. The lowest BCUT2D eigenvalue weighted by Gasteiger charge is -1.95. The van der Waals surface area contributed by atoms with E-state index >= 15 is 0 Å². The zero-order valence-corrected chi connectivity index (χ0v) is 7.15. The molecule has 0 amide bonds. The van der Waals surface area contributed by atoms with Crippen LogP contribution in [0.3, 0.4) is 0 Å². The standard InChI is InChI=1S/C10H6N2O2/c11-5-7-1-2-9(12-10(7)13)8-3-4-14-6-8/h1-4,6H,(H,12,13). The number of rotatable bonds is 1. The van der Waals surface area contributed by atoms with E-state index in [1.165, 1.54) is 18.6 Å². The summed E-state index contributed by atoms with van der Waals surface area (Å²) in [5.41, 5.74) is 1.15. The quantitative estimate of drug-likeness (QED) is 0.733. The number of nitriles is 1. The molecule has 2 aromatic heterocycles. The average Bonchev–Trinajstić information content (AvgIpc) is 2.70. The molecular weight excluding hydrogens is 180 g/mol. The Balaban J connectivity index is 2.55. The Morgan fingerprint density at radius 3 is 2.79 bits per heavy atom. The van der Waals surface area contributed by atoms with Gasteiger partial charge in [-0.2, -0.15) is 5.26 Å². The van der Waals surface area contributed by atoms with Crippen LogP contribution in [0, 0.1) is 11.3 Å². The van der Waals surface area contributed by atoms with Crippen LogP contribution in [0.15, 0.2) is 39.9 Å². The molecule has 2 rings (SSSR count). The van der Waals surface area contributed by atoms with Crippen molar-refractivity contribution in [3.05, 3.63) is 46.6 Å². The summed E-state index contributed by atoms with van der Waals surface area (Å²) in [5, 5.41) is 8.55. The van der Waals surface area contributed by atoms with Gasteiger partial charge in [0.1, 0.15) is 11.6 Å². The number of H-pyrrole nitrogens is 1. The third kappa shape index (κ3) is 1.31. The molecule has 4 nitrogen and oxygen atoms in total. The van der Waals surface area contributed by atoms with Crippen molar-refractivity contribution >= 4 is 0 Å². The third-order valence-corrected chi connectivity index (χ3v) is 1.86. The fourth-order valence-corrected chi connectivity index (χ4v) is 1.15. The Bertz CT molecular complexity index is 532. The van der Waals surface area contributed by atoms with E-state index in [2.05, 4.69) is 4.98 Å². The number of furan rings is 1. The molecule has 0 aromatic carbocycles. The van der Waals surface area contributed by atoms with Gasteiger partial charge in [-0.05, 0) is 18.2 Å². The second kappa shape index (κ2) is 3.23. The zero-order valence-electron chi connectivity index (χ0n) is 7.15. The van der Waals surface area contributed by atoms with Crippen LogP contribution in [-0.2, 0) is 0 Å². The van der Waals surface area contributed by atoms with Gasteiger partial charge < -0.3 is 9.40 Å². The molecule has 14 heavy (non-hydrogen) atoms. The Morgan fingerprint density at radius 1 is 1.36 bits per heavy atom. The highest BCUT2D eigenvalue weighted by molar-refractivity contribution is 5.57. The molecule has 0 radical (unpaired) electrons. The van der Waals surface area contributed by atoms with Crippen LogP contribution in [0.25, 0.3) is 11.3 Å². The Morgan fingerprint density at radius 2 is 2.21 bits per heavy atom. The van der Waals surface area contributed by atoms with Crippen molar-refractivity contribution < 1.29 is 4.42 Å². The predicted octanol–water partition coefficient (Wildman–Crippen LogP) is 1.51. The summed E-state index contributed by atoms with van der Waals surface area (Å²) in [6, 6.07) is 6.69. The molecule has 2 heterocycles. The molecule has 0 spiro atoms. The lowest BCUT2D eigenvalue weighted by molar-refractivity contribution is 0.568. The molecule has 0 saturated carbocycles. The summed E-state index contributed by atoms with van der Waals surface area (Å²) < 4.78 is 4.88. The van der Waals surface area contributed by atoms with Crippen molar-refractivity contribution in [3.8, 4) is 17.3 Å². The fraction of sp³-hybridized carbons (Fsp3) is 0. The Labute approximate surface area is 79.4 Å². The minimum Gasteiger partial charge on any atom is -0.472 e. The average molecular weight is 186 g/mol. The molecule has 2 aromatic rings. The SMILES string of the molecule is N#Cc1ccc(-c2ccoc2)[nH]c1=O. The molecule has 0 saturated heterocycles. The first-order valence-corrected chi connectivity index (χ1v) is 3.97. The van der Waals surface area contributed by atoms with Crippen molar-refractivity contribution in [1.82, 2.24) is 4.98 Å². The minimum atomic E-state index is -0.383. The number of pyridine rings is 1. The van der Waals surface area contributed by atoms with Crippen molar-refractivity contribution in [2.24, 2.45) is 0 Å². The summed E-state index contributed by atoms with van der Waals surface area (Å²) in [6.45, 7) is 0. The summed E-state index contributed by atoms with van der Waals surface area (Å²) in [6.07, 6.45) is 3.04. The first-order chi connectivity index (χ1) is 6.81. The Kier molecular flexibility index (Phi) is 1.92. The van der Waals surface area contributed by atoms with Gasteiger partial charge >= 0.3 is 0 Å². The number of nitrogens with zero attached hydrogens (tertiary/aromatic N) is 1. The largest absolute Gasteiger partial charge is 0.472 e. The second-order valence-corrected chi connectivity index (χ2v) is 2.74. The minimum absolute atomic E-state index is 0.109. The molecule has 0 atom stereocenters. The molecule has 0 aliphatic rings. The maximum Gasteiger partial charge on any atom is 0.266 e. The van der Waals surface area contributed by atoms with Gasteiger partial charge in [-0.1, -0.05) is 0 Å².